The number of ether oxygens (including phenoxy) is 1. The minimum absolute atomic E-state index is 0.0416. The van der Waals surface area contributed by atoms with Gasteiger partial charge in [-0.3, -0.25) is 0 Å². The Hall–Kier alpha value is 0.120. The van der Waals surface area contributed by atoms with Gasteiger partial charge >= 0.3 is 0 Å². The third-order valence-corrected chi connectivity index (χ3v) is 6.62. The van der Waals surface area contributed by atoms with Gasteiger partial charge in [-0.1, -0.05) is 6.42 Å². The van der Waals surface area contributed by atoms with Crippen LogP contribution in [0.15, 0.2) is 0 Å². The fraction of sp³-hybridized carbons (Fsp3) is 1.00. The van der Waals surface area contributed by atoms with Crippen LogP contribution in [0.3, 0.4) is 0 Å². The molecule has 0 saturated carbocycles. The molecule has 0 amide bonds. The molecule has 2 aliphatic rings. The molecule has 2 saturated heterocycles. The van der Waals surface area contributed by atoms with Gasteiger partial charge in [-0.25, -0.2) is 0 Å². The van der Waals surface area contributed by atoms with Gasteiger partial charge in [0, 0.05) is 38.2 Å². The molecule has 20 heavy (non-hydrogen) atoms. The standard InChI is InChI=1S/C13H25ClN2O3S/c1-2-19-13-6-9-15(10-7-13)20(17,18)16-8-4-3-5-12(16)11-14/h12-13H,2-11H2,1H3. The fourth-order valence-electron chi connectivity index (χ4n) is 3.05. The maximum atomic E-state index is 12.7. The summed E-state index contributed by atoms with van der Waals surface area (Å²) in [6, 6.07) is -0.0416. The minimum atomic E-state index is -3.36. The van der Waals surface area contributed by atoms with Crippen LogP contribution in [0.1, 0.15) is 39.0 Å². The van der Waals surface area contributed by atoms with Crippen LogP contribution in [0.5, 0.6) is 0 Å². The monoisotopic (exact) mass is 324 g/mol. The maximum absolute atomic E-state index is 12.7. The summed E-state index contributed by atoms with van der Waals surface area (Å²) in [6.07, 6.45) is 4.64. The van der Waals surface area contributed by atoms with Gasteiger partial charge in [0.15, 0.2) is 0 Å². The van der Waals surface area contributed by atoms with E-state index in [-0.39, 0.29) is 12.1 Å². The molecule has 0 bridgehead atoms. The van der Waals surface area contributed by atoms with E-state index in [9.17, 15) is 8.42 Å². The van der Waals surface area contributed by atoms with E-state index in [0.29, 0.717) is 32.1 Å². The lowest BCUT2D eigenvalue weighted by atomic mass is 10.1. The highest BCUT2D eigenvalue weighted by Gasteiger charge is 2.37. The summed E-state index contributed by atoms with van der Waals surface area (Å²) in [5, 5.41) is 0. The predicted octanol–water partition coefficient (Wildman–Crippen LogP) is 1.83. The van der Waals surface area contributed by atoms with Gasteiger partial charge in [-0.15, -0.1) is 11.6 Å². The molecule has 1 unspecified atom stereocenters. The third-order valence-electron chi connectivity index (χ3n) is 4.18. The second kappa shape index (κ2) is 7.40. The lowest BCUT2D eigenvalue weighted by Crippen LogP contribution is -2.53. The smallest absolute Gasteiger partial charge is 0.282 e. The number of alkyl halides is 1. The molecule has 0 radical (unpaired) electrons. The summed E-state index contributed by atoms with van der Waals surface area (Å²) in [7, 11) is -3.36. The molecule has 0 aromatic heterocycles. The van der Waals surface area contributed by atoms with Crippen molar-refractivity contribution in [2.75, 3.05) is 32.1 Å². The number of hydrogen-bond donors (Lipinski definition) is 0. The Bertz CT molecular complexity index is 396. The second-order valence-electron chi connectivity index (χ2n) is 5.48. The Morgan fingerprint density at radius 2 is 1.85 bits per heavy atom. The Labute approximate surface area is 127 Å². The van der Waals surface area contributed by atoms with E-state index >= 15 is 0 Å². The quantitative estimate of drug-likeness (QED) is 0.725. The lowest BCUT2D eigenvalue weighted by molar-refractivity contribution is 0.0277. The van der Waals surface area contributed by atoms with Gasteiger partial charge in [0.2, 0.25) is 0 Å². The second-order valence-corrected chi connectivity index (χ2v) is 7.67. The summed E-state index contributed by atoms with van der Waals surface area (Å²) >= 11 is 5.94. The van der Waals surface area contributed by atoms with Crippen molar-refractivity contribution >= 4 is 21.8 Å². The first-order valence-corrected chi connectivity index (χ1v) is 9.47. The summed E-state index contributed by atoms with van der Waals surface area (Å²) in [5.41, 5.74) is 0. The zero-order valence-corrected chi connectivity index (χ0v) is 13.7. The molecule has 2 rings (SSSR count). The van der Waals surface area contributed by atoms with E-state index < -0.39 is 10.2 Å². The molecular weight excluding hydrogens is 300 g/mol. The van der Waals surface area contributed by atoms with E-state index in [1.807, 2.05) is 6.92 Å². The number of halogens is 1. The summed E-state index contributed by atoms with van der Waals surface area (Å²) in [6.45, 7) is 4.38. The summed E-state index contributed by atoms with van der Waals surface area (Å²) in [5.74, 6) is 0.384. The van der Waals surface area contributed by atoms with Gasteiger partial charge < -0.3 is 4.74 Å². The molecule has 0 aromatic carbocycles. The van der Waals surface area contributed by atoms with Gasteiger partial charge in [0.05, 0.1) is 6.10 Å². The van der Waals surface area contributed by atoms with E-state index in [2.05, 4.69) is 0 Å². The van der Waals surface area contributed by atoms with E-state index in [1.165, 1.54) is 0 Å². The molecule has 5 nitrogen and oxygen atoms in total. The van der Waals surface area contributed by atoms with Crippen molar-refractivity contribution in [3.8, 4) is 0 Å². The SMILES string of the molecule is CCOC1CCN(S(=O)(=O)N2CCCCC2CCl)CC1. The number of hydrogen-bond acceptors (Lipinski definition) is 3. The van der Waals surface area contributed by atoms with Gasteiger partial charge in [-0.2, -0.15) is 17.0 Å². The fourth-order valence-corrected chi connectivity index (χ4v) is 5.33. The first-order valence-electron chi connectivity index (χ1n) is 7.54. The van der Waals surface area contributed by atoms with Crippen LogP contribution in [-0.2, 0) is 14.9 Å². The van der Waals surface area contributed by atoms with Crippen LogP contribution in [0, 0.1) is 0 Å². The highest BCUT2D eigenvalue weighted by atomic mass is 35.5. The van der Waals surface area contributed by atoms with Crippen LogP contribution in [0.4, 0.5) is 0 Å². The molecule has 0 N–H and O–H groups in total. The van der Waals surface area contributed by atoms with Crippen LogP contribution in [0.25, 0.3) is 0 Å². The van der Waals surface area contributed by atoms with Gasteiger partial charge in [0.25, 0.3) is 10.2 Å². The zero-order valence-electron chi connectivity index (χ0n) is 12.1. The molecule has 2 fully saturated rings. The van der Waals surface area contributed by atoms with Crippen LogP contribution in [0.2, 0.25) is 0 Å². The van der Waals surface area contributed by atoms with Crippen molar-refractivity contribution in [2.45, 2.75) is 51.2 Å². The van der Waals surface area contributed by atoms with Gasteiger partial charge in [-0.05, 0) is 32.6 Å². The van der Waals surface area contributed by atoms with Crippen molar-refractivity contribution in [1.82, 2.24) is 8.61 Å². The Morgan fingerprint density at radius 1 is 1.15 bits per heavy atom. The number of nitrogens with zero attached hydrogens (tertiary/aromatic N) is 2. The number of piperidine rings is 2. The molecule has 0 spiro atoms. The molecular formula is C13H25ClN2O3S. The summed E-state index contributed by atoms with van der Waals surface area (Å²) in [4.78, 5) is 0. The maximum Gasteiger partial charge on any atom is 0.282 e. The summed E-state index contributed by atoms with van der Waals surface area (Å²) < 4.78 is 34.2. The molecule has 0 aromatic rings. The van der Waals surface area contributed by atoms with Gasteiger partial charge in [0.1, 0.15) is 0 Å². The van der Waals surface area contributed by atoms with Crippen molar-refractivity contribution in [1.29, 1.82) is 0 Å². The Balaban J connectivity index is 1.99. The minimum Gasteiger partial charge on any atom is -0.378 e. The highest BCUT2D eigenvalue weighted by molar-refractivity contribution is 7.86. The highest BCUT2D eigenvalue weighted by Crippen LogP contribution is 2.26. The van der Waals surface area contributed by atoms with Crippen molar-refractivity contribution in [2.24, 2.45) is 0 Å². The van der Waals surface area contributed by atoms with Crippen molar-refractivity contribution in [3.05, 3.63) is 0 Å². The Morgan fingerprint density at radius 3 is 2.45 bits per heavy atom. The van der Waals surface area contributed by atoms with E-state index in [1.54, 1.807) is 8.61 Å². The first kappa shape index (κ1) is 16.5. The zero-order chi connectivity index (χ0) is 14.6. The lowest BCUT2D eigenvalue weighted by Gasteiger charge is -2.39. The molecule has 2 aliphatic heterocycles. The largest absolute Gasteiger partial charge is 0.378 e. The third kappa shape index (κ3) is 3.65. The van der Waals surface area contributed by atoms with E-state index in [0.717, 1.165) is 32.1 Å². The van der Waals surface area contributed by atoms with Crippen LogP contribution < -0.4 is 0 Å². The average Bonchev–Trinajstić information content (AvgIpc) is 2.48. The topological polar surface area (TPSA) is 49.9 Å². The molecule has 1 atom stereocenters. The molecule has 2 heterocycles. The normalized spacial score (nSPS) is 27.8. The van der Waals surface area contributed by atoms with Crippen LogP contribution >= 0.6 is 11.6 Å². The average molecular weight is 325 g/mol. The molecule has 7 heteroatoms. The van der Waals surface area contributed by atoms with Crippen LogP contribution in [-0.4, -0.2) is 61.3 Å². The van der Waals surface area contributed by atoms with E-state index in [4.69, 9.17) is 16.3 Å². The van der Waals surface area contributed by atoms with Crippen molar-refractivity contribution < 1.29 is 13.2 Å². The predicted molar refractivity (Wildman–Crippen MR) is 80.2 cm³/mol. The first-order chi connectivity index (χ1) is 9.59. The van der Waals surface area contributed by atoms with Crippen molar-refractivity contribution in [3.63, 3.8) is 0 Å². The number of rotatable bonds is 5. The Kier molecular flexibility index (Phi) is 6.10. The molecule has 0 aliphatic carbocycles. The molecule has 118 valence electrons.